The summed E-state index contributed by atoms with van der Waals surface area (Å²) in [4.78, 5) is 4.24. The van der Waals surface area contributed by atoms with Crippen LogP contribution in [0.1, 0.15) is 61.6 Å². The number of ether oxygens (including phenoxy) is 1. The fourth-order valence-electron chi connectivity index (χ4n) is 3.34. The summed E-state index contributed by atoms with van der Waals surface area (Å²) in [5.74, 6) is -0.0219. The molecule has 3 aromatic rings. The van der Waals surface area contributed by atoms with Crippen LogP contribution in [0.4, 0.5) is 26.3 Å². The Morgan fingerprint density at radius 1 is 1.03 bits per heavy atom. The van der Waals surface area contributed by atoms with Gasteiger partial charge in [-0.25, -0.2) is 0 Å². The van der Waals surface area contributed by atoms with E-state index >= 15 is 0 Å². The molecule has 0 amide bonds. The van der Waals surface area contributed by atoms with E-state index in [1.54, 1.807) is 0 Å². The van der Waals surface area contributed by atoms with Gasteiger partial charge >= 0.3 is 12.4 Å². The summed E-state index contributed by atoms with van der Waals surface area (Å²) >= 11 is 0. The molecule has 0 aliphatic rings. The number of benzene rings is 2. The molecule has 0 saturated carbocycles. The van der Waals surface area contributed by atoms with E-state index in [2.05, 4.69) is 17.1 Å². The Bertz CT molecular complexity index is 1150. The first-order chi connectivity index (χ1) is 16.5. The second-order valence-corrected chi connectivity index (χ2v) is 8.04. The molecular formula is C25H24F6N2O2. The first-order valence-corrected chi connectivity index (χ1v) is 11.0. The summed E-state index contributed by atoms with van der Waals surface area (Å²) in [7, 11) is 0. The molecule has 1 heterocycles. The van der Waals surface area contributed by atoms with Gasteiger partial charge in [-0.2, -0.15) is 31.3 Å². The number of aromatic nitrogens is 2. The molecule has 0 radical (unpaired) electrons. The molecule has 0 unspecified atom stereocenters. The van der Waals surface area contributed by atoms with Gasteiger partial charge in [0.1, 0.15) is 12.4 Å². The van der Waals surface area contributed by atoms with Crippen LogP contribution in [0.5, 0.6) is 5.75 Å². The third-order valence-corrected chi connectivity index (χ3v) is 5.26. The predicted molar refractivity (Wildman–Crippen MR) is 119 cm³/mol. The first-order valence-electron chi connectivity index (χ1n) is 11.0. The van der Waals surface area contributed by atoms with Crippen LogP contribution in [-0.2, 0) is 12.4 Å². The Kier molecular flexibility index (Phi) is 8.24. The van der Waals surface area contributed by atoms with E-state index in [9.17, 15) is 26.3 Å². The van der Waals surface area contributed by atoms with E-state index in [0.717, 1.165) is 43.5 Å². The van der Waals surface area contributed by atoms with Crippen molar-refractivity contribution in [2.45, 2.75) is 51.4 Å². The van der Waals surface area contributed by atoms with Crippen molar-refractivity contribution in [3.63, 3.8) is 0 Å². The summed E-state index contributed by atoms with van der Waals surface area (Å²) in [5, 5.41) is 3.82. The van der Waals surface area contributed by atoms with Crippen molar-refractivity contribution >= 4 is 6.08 Å². The average Bonchev–Trinajstić information content (AvgIpc) is 3.30. The van der Waals surface area contributed by atoms with E-state index in [1.165, 1.54) is 30.4 Å². The Morgan fingerprint density at radius 3 is 2.49 bits per heavy atom. The minimum atomic E-state index is -4.71. The van der Waals surface area contributed by atoms with Crippen molar-refractivity contribution < 1.29 is 35.6 Å². The molecular weight excluding hydrogens is 474 g/mol. The van der Waals surface area contributed by atoms with Gasteiger partial charge in [0.2, 0.25) is 11.7 Å². The fraction of sp³-hybridized carbons (Fsp3) is 0.360. The fourth-order valence-corrected chi connectivity index (χ4v) is 3.34. The van der Waals surface area contributed by atoms with Crippen LogP contribution in [0.3, 0.4) is 0 Å². The standard InChI is InChI=1S/C25H24F6N2O2/c1-3-4-7-16(2)23-32-22(33-35-23)18-11-12-21(20(15-18)25(29,30)31)34-13-6-9-17-8-5-10-19(14-17)24(26,27)28/h5-6,8-12,14-16H,3-4,7,13H2,1-2H3/b9-6+/t16-/m0/s1. The summed E-state index contributed by atoms with van der Waals surface area (Å²) in [6.07, 6.45) is -3.73. The normalized spacial score (nSPS) is 13.4. The maximum atomic E-state index is 13.7. The quantitative estimate of drug-likeness (QED) is 0.279. The highest BCUT2D eigenvalue weighted by molar-refractivity contribution is 5.59. The number of unbranched alkanes of at least 4 members (excludes halogenated alkanes) is 1. The van der Waals surface area contributed by atoms with Crippen LogP contribution in [-0.4, -0.2) is 16.7 Å². The molecule has 0 aliphatic carbocycles. The lowest BCUT2D eigenvalue weighted by Crippen LogP contribution is -2.09. The third-order valence-electron chi connectivity index (χ3n) is 5.26. The van der Waals surface area contributed by atoms with Crippen LogP contribution in [0, 0.1) is 0 Å². The molecule has 35 heavy (non-hydrogen) atoms. The summed E-state index contributed by atoms with van der Waals surface area (Å²) in [6, 6.07) is 8.01. The zero-order valence-corrected chi connectivity index (χ0v) is 19.1. The molecule has 4 nitrogen and oxygen atoms in total. The number of halogens is 6. The lowest BCUT2D eigenvalue weighted by molar-refractivity contribution is -0.139. The highest BCUT2D eigenvalue weighted by atomic mass is 19.4. The van der Waals surface area contributed by atoms with E-state index < -0.39 is 29.2 Å². The van der Waals surface area contributed by atoms with E-state index in [4.69, 9.17) is 9.26 Å². The van der Waals surface area contributed by atoms with Crippen molar-refractivity contribution in [3.05, 3.63) is 71.1 Å². The number of rotatable bonds is 9. The van der Waals surface area contributed by atoms with Crippen molar-refractivity contribution in [2.75, 3.05) is 6.61 Å². The van der Waals surface area contributed by atoms with Gasteiger partial charge in [0.15, 0.2) is 0 Å². The summed E-state index contributed by atoms with van der Waals surface area (Å²) in [6.45, 7) is 3.69. The molecule has 0 bridgehead atoms. The van der Waals surface area contributed by atoms with Crippen molar-refractivity contribution in [1.82, 2.24) is 10.1 Å². The highest BCUT2D eigenvalue weighted by Crippen LogP contribution is 2.38. The van der Waals surface area contributed by atoms with E-state index in [0.29, 0.717) is 5.89 Å². The van der Waals surface area contributed by atoms with Gasteiger partial charge in [0.05, 0.1) is 11.1 Å². The number of nitrogens with zero attached hydrogens (tertiary/aromatic N) is 2. The second-order valence-electron chi connectivity index (χ2n) is 8.04. The summed E-state index contributed by atoms with van der Waals surface area (Å²) < 4.78 is 90.0. The van der Waals surface area contributed by atoms with Gasteiger partial charge in [-0.3, -0.25) is 0 Å². The lowest BCUT2D eigenvalue weighted by Gasteiger charge is -2.14. The van der Waals surface area contributed by atoms with Crippen LogP contribution < -0.4 is 4.74 Å². The molecule has 2 aromatic carbocycles. The van der Waals surface area contributed by atoms with Gasteiger partial charge < -0.3 is 9.26 Å². The average molecular weight is 498 g/mol. The van der Waals surface area contributed by atoms with Crippen molar-refractivity contribution in [1.29, 1.82) is 0 Å². The minimum absolute atomic E-state index is 0.00972. The molecule has 10 heteroatoms. The number of alkyl halides is 6. The van der Waals surface area contributed by atoms with Crippen molar-refractivity contribution in [2.24, 2.45) is 0 Å². The van der Waals surface area contributed by atoms with Crippen LogP contribution in [0.2, 0.25) is 0 Å². The molecule has 3 rings (SSSR count). The van der Waals surface area contributed by atoms with Crippen molar-refractivity contribution in [3.8, 4) is 17.1 Å². The van der Waals surface area contributed by atoms with E-state index in [1.807, 2.05) is 6.92 Å². The number of hydrogen-bond acceptors (Lipinski definition) is 4. The SMILES string of the molecule is CCCC[C@H](C)c1nc(-c2ccc(OC/C=C/c3cccc(C(F)(F)F)c3)c(C(F)(F)F)c2)no1. The highest BCUT2D eigenvalue weighted by Gasteiger charge is 2.35. The van der Waals surface area contributed by atoms with Gasteiger partial charge in [0.25, 0.3) is 0 Å². The van der Waals surface area contributed by atoms with Crippen LogP contribution in [0.25, 0.3) is 17.5 Å². The maximum absolute atomic E-state index is 13.7. The molecule has 0 spiro atoms. The largest absolute Gasteiger partial charge is 0.489 e. The summed E-state index contributed by atoms with van der Waals surface area (Å²) in [5.41, 5.74) is -1.47. The third kappa shape index (κ3) is 7.10. The zero-order valence-electron chi connectivity index (χ0n) is 19.1. The predicted octanol–water partition coefficient (Wildman–Crippen LogP) is 8.16. The molecule has 1 aromatic heterocycles. The maximum Gasteiger partial charge on any atom is 0.419 e. The smallest absolute Gasteiger partial charge is 0.419 e. The topological polar surface area (TPSA) is 48.2 Å². The molecule has 1 atom stereocenters. The lowest BCUT2D eigenvalue weighted by atomic mass is 10.0. The molecule has 188 valence electrons. The zero-order chi connectivity index (χ0) is 25.6. The first kappa shape index (κ1) is 26.3. The Labute approximate surface area is 198 Å². The second kappa shape index (κ2) is 11.0. The van der Waals surface area contributed by atoms with Crippen LogP contribution >= 0.6 is 0 Å². The molecule has 0 fully saturated rings. The molecule has 0 N–H and O–H groups in total. The van der Waals surface area contributed by atoms with Gasteiger partial charge in [-0.1, -0.05) is 50.1 Å². The molecule has 0 saturated heterocycles. The minimum Gasteiger partial charge on any atom is -0.489 e. The van der Waals surface area contributed by atoms with Gasteiger partial charge in [0, 0.05) is 11.5 Å². The Morgan fingerprint density at radius 2 is 1.80 bits per heavy atom. The monoisotopic (exact) mass is 498 g/mol. The molecule has 0 aliphatic heterocycles. The van der Waals surface area contributed by atoms with Crippen LogP contribution in [0.15, 0.2) is 53.1 Å². The van der Waals surface area contributed by atoms with Gasteiger partial charge in [-0.05, 0) is 48.4 Å². The Hall–Kier alpha value is -3.30. The Balaban J connectivity index is 1.74. The van der Waals surface area contributed by atoms with E-state index in [-0.39, 0.29) is 29.5 Å². The van der Waals surface area contributed by atoms with Gasteiger partial charge in [-0.15, -0.1) is 0 Å². The number of hydrogen-bond donors (Lipinski definition) is 0.